The summed E-state index contributed by atoms with van der Waals surface area (Å²) in [6, 6.07) is 10.7. The van der Waals surface area contributed by atoms with Crippen molar-refractivity contribution in [1.82, 2.24) is 10.6 Å². The maximum Gasteiger partial charge on any atom is 0.237 e. The van der Waals surface area contributed by atoms with Crippen molar-refractivity contribution in [3.05, 3.63) is 35.9 Å². The Labute approximate surface area is 144 Å². The third-order valence-corrected chi connectivity index (χ3v) is 4.84. The van der Waals surface area contributed by atoms with Crippen molar-refractivity contribution in [3.8, 4) is 0 Å². The topological polar surface area (TPSA) is 50.4 Å². The van der Waals surface area contributed by atoms with Gasteiger partial charge in [0.05, 0.1) is 19.3 Å². The van der Waals surface area contributed by atoms with Crippen LogP contribution < -0.4 is 10.6 Å². The van der Waals surface area contributed by atoms with E-state index in [0.717, 1.165) is 12.0 Å². The van der Waals surface area contributed by atoms with Gasteiger partial charge >= 0.3 is 0 Å². The number of hydrogen-bond acceptors (Lipinski definition) is 3. The highest BCUT2D eigenvalue weighted by molar-refractivity contribution is 5.85. The Balaban J connectivity index is 0.00000192. The molecule has 0 aromatic heterocycles. The molecule has 1 aliphatic heterocycles. The first-order valence-corrected chi connectivity index (χ1v) is 8.48. The zero-order valence-electron chi connectivity index (χ0n) is 13.5. The van der Waals surface area contributed by atoms with Crippen LogP contribution in [0.4, 0.5) is 0 Å². The molecule has 2 N–H and O–H groups in total. The lowest BCUT2D eigenvalue weighted by molar-refractivity contribution is -0.123. The van der Waals surface area contributed by atoms with Crippen molar-refractivity contribution in [2.24, 2.45) is 5.92 Å². The summed E-state index contributed by atoms with van der Waals surface area (Å²) in [6.07, 6.45) is 6.14. The zero-order chi connectivity index (χ0) is 15.2. The van der Waals surface area contributed by atoms with Crippen LogP contribution in [0.5, 0.6) is 0 Å². The van der Waals surface area contributed by atoms with Gasteiger partial charge in [0, 0.05) is 12.6 Å². The van der Waals surface area contributed by atoms with E-state index in [2.05, 4.69) is 10.6 Å². The first kappa shape index (κ1) is 18.2. The van der Waals surface area contributed by atoms with Crippen molar-refractivity contribution in [2.75, 3.05) is 13.2 Å². The first-order valence-electron chi connectivity index (χ1n) is 8.48. The van der Waals surface area contributed by atoms with Gasteiger partial charge in [-0.15, -0.1) is 12.4 Å². The number of carbonyl (C=O) groups excluding carboxylic acids is 1. The number of carbonyl (C=O) groups is 1. The third kappa shape index (κ3) is 5.20. The van der Waals surface area contributed by atoms with E-state index in [4.69, 9.17) is 4.74 Å². The van der Waals surface area contributed by atoms with Crippen LogP contribution in [-0.4, -0.2) is 31.1 Å². The molecule has 2 fully saturated rings. The highest BCUT2D eigenvalue weighted by atomic mass is 35.5. The summed E-state index contributed by atoms with van der Waals surface area (Å²) in [5.41, 5.74) is 1.16. The minimum Gasteiger partial charge on any atom is -0.375 e. The molecule has 2 aliphatic rings. The van der Waals surface area contributed by atoms with Gasteiger partial charge in [-0.3, -0.25) is 4.79 Å². The Morgan fingerprint density at radius 2 is 2.00 bits per heavy atom. The maximum atomic E-state index is 12.2. The van der Waals surface area contributed by atoms with Gasteiger partial charge in [0.2, 0.25) is 5.91 Å². The number of hydrogen-bond donors (Lipinski definition) is 2. The van der Waals surface area contributed by atoms with E-state index < -0.39 is 0 Å². The predicted molar refractivity (Wildman–Crippen MR) is 93.6 cm³/mol. The van der Waals surface area contributed by atoms with E-state index in [0.29, 0.717) is 31.7 Å². The summed E-state index contributed by atoms with van der Waals surface area (Å²) >= 11 is 0. The van der Waals surface area contributed by atoms with Crippen molar-refractivity contribution < 1.29 is 9.53 Å². The third-order valence-electron chi connectivity index (χ3n) is 4.84. The van der Waals surface area contributed by atoms with Crippen LogP contribution >= 0.6 is 12.4 Å². The highest BCUT2D eigenvalue weighted by Gasteiger charge is 2.37. The van der Waals surface area contributed by atoms with Gasteiger partial charge in [-0.1, -0.05) is 43.2 Å². The summed E-state index contributed by atoms with van der Waals surface area (Å²) in [7, 11) is 0. The second-order valence-electron chi connectivity index (χ2n) is 6.44. The lowest BCUT2D eigenvalue weighted by atomic mass is 9.85. The lowest BCUT2D eigenvalue weighted by Crippen LogP contribution is -2.44. The smallest absolute Gasteiger partial charge is 0.237 e. The molecule has 3 rings (SSSR count). The molecule has 0 radical (unpaired) electrons. The Morgan fingerprint density at radius 3 is 2.78 bits per heavy atom. The van der Waals surface area contributed by atoms with Gasteiger partial charge < -0.3 is 15.4 Å². The van der Waals surface area contributed by atoms with Crippen LogP contribution in [0.1, 0.15) is 37.7 Å². The van der Waals surface area contributed by atoms with E-state index in [1.54, 1.807) is 0 Å². The molecule has 1 amide bonds. The number of amides is 1. The second kappa shape index (κ2) is 9.26. The lowest BCUT2D eigenvalue weighted by Gasteiger charge is -2.24. The van der Waals surface area contributed by atoms with Gasteiger partial charge in [-0.05, 0) is 30.7 Å². The number of halogens is 1. The normalized spacial score (nSPS) is 26.2. The number of ether oxygens (including phenoxy) is 1. The number of benzene rings is 1. The molecule has 0 bridgehead atoms. The molecule has 4 nitrogen and oxygen atoms in total. The molecular formula is C18H27ClN2O2. The molecule has 0 spiro atoms. The van der Waals surface area contributed by atoms with Gasteiger partial charge in [-0.25, -0.2) is 0 Å². The largest absolute Gasteiger partial charge is 0.375 e. The highest BCUT2D eigenvalue weighted by Crippen LogP contribution is 2.33. The summed E-state index contributed by atoms with van der Waals surface area (Å²) in [6.45, 7) is 1.74. The van der Waals surface area contributed by atoms with E-state index in [-0.39, 0.29) is 24.4 Å². The van der Waals surface area contributed by atoms with E-state index in [1.165, 1.54) is 25.7 Å². The van der Waals surface area contributed by atoms with Crippen LogP contribution in [0.25, 0.3) is 0 Å². The molecule has 1 aromatic carbocycles. The number of rotatable bonds is 6. The Bertz CT molecular complexity index is 469. The van der Waals surface area contributed by atoms with Crippen LogP contribution in [0.15, 0.2) is 30.3 Å². The monoisotopic (exact) mass is 338 g/mol. The minimum atomic E-state index is 0. The fourth-order valence-corrected chi connectivity index (χ4v) is 3.65. The molecule has 1 aliphatic carbocycles. The minimum absolute atomic E-state index is 0. The standard InChI is InChI=1S/C18H26N2O2.ClH/c21-18(17-12-15-8-4-5-9-16(15)20-17)19-10-11-22-13-14-6-2-1-3-7-14;/h1-3,6-7,15-17,20H,4-5,8-13H2,(H,19,21);1H. The van der Waals surface area contributed by atoms with Crippen molar-refractivity contribution >= 4 is 18.3 Å². The van der Waals surface area contributed by atoms with Gasteiger partial charge in [0.25, 0.3) is 0 Å². The Hall–Kier alpha value is -1.10. The van der Waals surface area contributed by atoms with Gasteiger partial charge in [-0.2, -0.15) is 0 Å². The molecule has 3 unspecified atom stereocenters. The van der Waals surface area contributed by atoms with Crippen LogP contribution in [0.2, 0.25) is 0 Å². The Kier molecular flexibility index (Phi) is 7.34. The summed E-state index contributed by atoms with van der Waals surface area (Å²) in [5, 5.41) is 6.50. The zero-order valence-corrected chi connectivity index (χ0v) is 14.3. The average Bonchev–Trinajstić information content (AvgIpc) is 2.99. The van der Waals surface area contributed by atoms with Gasteiger partial charge in [0.15, 0.2) is 0 Å². The molecule has 1 aromatic rings. The van der Waals surface area contributed by atoms with Crippen molar-refractivity contribution in [1.29, 1.82) is 0 Å². The van der Waals surface area contributed by atoms with E-state index in [9.17, 15) is 4.79 Å². The van der Waals surface area contributed by atoms with E-state index in [1.807, 2.05) is 30.3 Å². The number of fused-ring (bicyclic) bond motifs is 1. The summed E-state index contributed by atoms with van der Waals surface area (Å²) in [4.78, 5) is 12.2. The van der Waals surface area contributed by atoms with Crippen LogP contribution in [-0.2, 0) is 16.1 Å². The average molecular weight is 339 g/mol. The molecule has 5 heteroatoms. The maximum absolute atomic E-state index is 12.2. The SMILES string of the molecule is Cl.O=C(NCCOCc1ccccc1)C1CC2CCCCC2N1. The van der Waals surface area contributed by atoms with Gasteiger partial charge in [0.1, 0.15) is 0 Å². The first-order chi connectivity index (χ1) is 10.8. The quantitative estimate of drug-likeness (QED) is 0.784. The van der Waals surface area contributed by atoms with Crippen LogP contribution in [0.3, 0.4) is 0 Å². The molecular weight excluding hydrogens is 312 g/mol. The molecule has 23 heavy (non-hydrogen) atoms. The number of nitrogens with one attached hydrogen (secondary N) is 2. The second-order valence-corrected chi connectivity index (χ2v) is 6.44. The summed E-state index contributed by atoms with van der Waals surface area (Å²) in [5.74, 6) is 0.844. The van der Waals surface area contributed by atoms with Crippen molar-refractivity contribution in [3.63, 3.8) is 0 Å². The molecule has 128 valence electrons. The molecule has 1 saturated carbocycles. The molecule has 3 atom stereocenters. The predicted octanol–water partition coefficient (Wildman–Crippen LogP) is 2.66. The molecule has 1 heterocycles. The fourth-order valence-electron chi connectivity index (χ4n) is 3.65. The summed E-state index contributed by atoms with van der Waals surface area (Å²) < 4.78 is 5.59. The van der Waals surface area contributed by atoms with E-state index >= 15 is 0 Å². The fraction of sp³-hybridized carbons (Fsp3) is 0.611. The van der Waals surface area contributed by atoms with Crippen molar-refractivity contribution in [2.45, 2.75) is 50.8 Å². The van der Waals surface area contributed by atoms with Crippen LogP contribution in [0, 0.1) is 5.92 Å². The molecule has 1 saturated heterocycles. The Morgan fingerprint density at radius 1 is 1.22 bits per heavy atom.